The second-order valence-corrected chi connectivity index (χ2v) is 3.46. The molecule has 0 saturated carbocycles. The predicted octanol–water partition coefficient (Wildman–Crippen LogP) is 2.53. The fraction of sp³-hybridized carbons (Fsp3) is 0.333. The summed E-state index contributed by atoms with van der Waals surface area (Å²) in [6, 6.07) is 0. The van der Waals surface area contributed by atoms with E-state index in [4.69, 9.17) is 0 Å². The number of aliphatic hydroxyl groups is 1. The number of hydrogen-bond donors (Lipinski definition) is 1. The average molecular weight is 215 g/mol. The van der Waals surface area contributed by atoms with Crippen LogP contribution in [0.1, 0.15) is 13.3 Å². The summed E-state index contributed by atoms with van der Waals surface area (Å²) in [5, 5.41) is 9.25. The summed E-state index contributed by atoms with van der Waals surface area (Å²) in [5.41, 5.74) is 0.950. The van der Waals surface area contributed by atoms with Crippen LogP contribution < -0.4 is 0 Å². The first-order valence-electron chi connectivity index (χ1n) is 3.62. The van der Waals surface area contributed by atoms with Gasteiger partial charge in [-0.25, -0.2) is 0 Å². The zero-order chi connectivity index (χ0) is 8.27. The first-order chi connectivity index (χ1) is 5.20. The van der Waals surface area contributed by atoms with E-state index < -0.39 is 0 Å². The van der Waals surface area contributed by atoms with Gasteiger partial charge in [0.25, 0.3) is 0 Å². The van der Waals surface area contributed by atoms with Crippen molar-refractivity contribution in [3.8, 4) is 0 Å². The first-order valence-corrected chi connectivity index (χ1v) is 4.41. The van der Waals surface area contributed by atoms with Gasteiger partial charge < -0.3 is 5.11 Å². The van der Waals surface area contributed by atoms with Crippen LogP contribution in [0, 0.1) is 0 Å². The minimum absolute atomic E-state index is 0.384. The van der Waals surface area contributed by atoms with Crippen LogP contribution in [0.5, 0.6) is 0 Å². The maximum atomic E-state index is 9.25. The Balaban J connectivity index is 2.84. The summed E-state index contributed by atoms with van der Waals surface area (Å²) in [5.74, 6) is 0. The van der Waals surface area contributed by atoms with Crippen LogP contribution >= 0.6 is 15.9 Å². The van der Waals surface area contributed by atoms with Gasteiger partial charge in [0.1, 0.15) is 0 Å². The molecular weight excluding hydrogens is 204 g/mol. The summed E-state index contributed by atoms with van der Waals surface area (Å²) >= 11 is 3.38. The molecule has 0 aromatic heterocycles. The van der Waals surface area contributed by atoms with Crippen molar-refractivity contribution < 1.29 is 5.11 Å². The van der Waals surface area contributed by atoms with Crippen LogP contribution in [-0.4, -0.2) is 11.2 Å². The highest BCUT2D eigenvalue weighted by atomic mass is 79.9. The maximum absolute atomic E-state index is 9.25. The molecule has 0 aliphatic heterocycles. The minimum atomic E-state index is -0.384. The number of rotatable bonds is 1. The van der Waals surface area contributed by atoms with Gasteiger partial charge in [0, 0.05) is 4.48 Å². The molecule has 0 bridgehead atoms. The lowest BCUT2D eigenvalue weighted by Gasteiger charge is -2.03. The second kappa shape index (κ2) is 3.88. The Hall–Kier alpha value is -0.340. The van der Waals surface area contributed by atoms with Gasteiger partial charge in [-0.05, 0) is 25.0 Å². The molecule has 0 heterocycles. The molecule has 0 amide bonds. The SMILES string of the molecule is CC(O)C1=CC(Br)=CCC=C1. The molecule has 1 N–H and O–H groups in total. The molecule has 11 heavy (non-hydrogen) atoms. The molecule has 1 aliphatic rings. The van der Waals surface area contributed by atoms with E-state index in [9.17, 15) is 5.11 Å². The molecular formula is C9H11BrO. The topological polar surface area (TPSA) is 20.2 Å². The first kappa shape index (κ1) is 8.75. The third-order valence-electron chi connectivity index (χ3n) is 1.55. The minimum Gasteiger partial charge on any atom is -0.389 e. The van der Waals surface area contributed by atoms with E-state index in [0.29, 0.717) is 0 Å². The zero-order valence-corrected chi connectivity index (χ0v) is 8.01. The van der Waals surface area contributed by atoms with Crippen molar-refractivity contribution >= 4 is 15.9 Å². The third-order valence-corrected chi connectivity index (χ3v) is 2.10. The highest BCUT2D eigenvalue weighted by Crippen LogP contribution is 2.17. The van der Waals surface area contributed by atoms with Gasteiger partial charge in [0.15, 0.2) is 0 Å². The Bertz CT molecular complexity index is 224. The van der Waals surface area contributed by atoms with Crippen molar-refractivity contribution in [3.05, 3.63) is 34.4 Å². The molecule has 0 aromatic carbocycles. The molecule has 1 aliphatic carbocycles. The average Bonchev–Trinajstić information content (AvgIpc) is 2.13. The van der Waals surface area contributed by atoms with Crippen molar-refractivity contribution in [3.63, 3.8) is 0 Å². The molecule has 0 aromatic rings. The van der Waals surface area contributed by atoms with Crippen molar-refractivity contribution in [2.24, 2.45) is 0 Å². The summed E-state index contributed by atoms with van der Waals surface area (Å²) in [6.45, 7) is 1.77. The van der Waals surface area contributed by atoms with Gasteiger partial charge in [0.05, 0.1) is 6.10 Å². The number of allylic oxidation sites excluding steroid dienone is 4. The molecule has 0 fully saturated rings. The van der Waals surface area contributed by atoms with Crippen molar-refractivity contribution in [1.29, 1.82) is 0 Å². The fourth-order valence-corrected chi connectivity index (χ4v) is 1.36. The molecule has 60 valence electrons. The van der Waals surface area contributed by atoms with Gasteiger partial charge in [-0.15, -0.1) is 0 Å². The van der Waals surface area contributed by atoms with Gasteiger partial charge >= 0.3 is 0 Å². The standard InChI is InChI=1S/C9H11BrO/c1-7(11)8-4-2-3-5-9(10)6-8/h2,4-7,11H,3H2,1H3. The highest BCUT2D eigenvalue weighted by Gasteiger charge is 2.02. The normalized spacial score (nSPS) is 20.3. The summed E-state index contributed by atoms with van der Waals surface area (Å²) < 4.78 is 1.04. The fourth-order valence-electron chi connectivity index (χ4n) is 0.911. The van der Waals surface area contributed by atoms with E-state index in [0.717, 1.165) is 16.5 Å². The van der Waals surface area contributed by atoms with E-state index in [1.807, 2.05) is 18.2 Å². The largest absolute Gasteiger partial charge is 0.389 e. The molecule has 2 heteroatoms. The van der Waals surface area contributed by atoms with E-state index in [1.54, 1.807) is 6.92 Å². The Morgan fingerprint density at radius 3 is 3.00 bits per heavy atom. The predicted molar refractivity (Wildman–Crippen MR) is 50.5 cm³/mol. The van der Waals surface area contributed by atoms with E-state index in [2.05, 4.69) is 22.0 Å². The van der Waals surface area contributed by atoms with Gasteiger partial charge in [-0.1, -0.05) is 34.2 Å². The summed E-state index contributed by atoms with van der Waals surface area (Å²) in [4.78, 5) is 0. The monoisotopic (exact) mass is 214 g/mol. The maximum Gasteiger partial charge on any atom is 0.0762 e. The van der Waals surface area contributed by atoms with Crippen LogP contribution in [-0.2, 0) is 0 Å². The number of halogens is 1. The summed E-state index contributed by atoms with van der Waals surface area (Å²) in [7, 11) is 0. The van der Waals surface area contributed by atoms with Crippen LogP contribution in [0.2, 0.25) is 0 Å². The lowest BCUT2D eigenvalue weighted by atomic mass is 10.1. The quantitative estimate of drug-likeness (QED) is 0.712. The van der Waals surface area contributed by atoms with Crippen molar-refractivity contribution in [2.75, 3.05) is 0 Å². The van der Waals surface area contributed by atoms with Crippen LogP contribution in [0.3, 0.4) is 0 Å². The number of aliphatic hydroxyl groups excluding tert-OH is 1. The smallest absolute Gasteiger partial charge is 0.0762 e. The van der Waals surface area contributed by atoms with Gasteiger partial charge in [-0.3, -0.25) is 0 Å². The lowest BCUT2D eigenvalue weighted by molar-refractivity contribution is 0.235. The van der Waals surface area contributed by atoms with E-state index >= 15 is 0 Å². The Kier molecular flexibility index (Phi) is 3.09. The lowest BCUT2D eigenvalue weighted by Crippen LogP contribution is -2.01. The molecule has 1 atom stereocenters. The van der Waals surface area contributed by atoms with Crippen LogP contribution in [0.25, 0.3) is 0 Å². The Morgan fingerprint density at radius 1 is 1.64 bits per heavy atom. The molecule has 1 nitrogen and oxygen atoms in total. The Morgan fingerprint density at radius 2 is 2.36 bits per heavy atom. The molecule has 1 unspecified atom stereocenters. The van der Waals surface area contributed by atoms with E-state index in [-0.39, 0.29) is 6.10 Å². The summed E-state index contributed by atoms with van der Waals surface area (Å²) in [6.07, 6.45) is 8.53. The van der Waals surface area contributed by atoms with Crippen molar-refractivity contribution in [1.82, 2.24) is 0 Å². The molecule has 1 rings (SSSR count). The van der Waals surface area contributed by atoms with Gasteiger partial charge in [-0.2, -0.15) is 0 Å². The van der Waals surface area contributed by atoms with Crippen LogP contribution in [0.4, 0.5) is 0 Å². The molecule has 0 radical (unpaired) electrons. The number of hydrogen-bond acceptors (Lipinski definition) is 1. The van der Waals surface area contributed by atoms with E-state index in [1.165, 1.54) is 0 Å². The molecule has 0 spiro atoms. The van der Waals surface area contributed by atoms with Gasteiger partial charge in [0.2, 0.25) is 0 Å². The van der Waals surface area contributed by atoms with Crippen LogP contribution in [0.15, 0.2) is 34.4 Å². The second-order valence-electron chi connectivity index (χ2n) is 2.55. The third kappa shape index (κ3) is 2.64. The molecule has 0 saturated heterocycles. The zero-order valence-electron chi connectivity index (χ0n) is 6.42. The Labute approximate surface area is 75.2 Å². The highest BCUT2D eigenvalue weighted by molar-refractivity contribution is 9.11. The van der Waals surface area contributed by atoms with Crippen molar-refractivity contribution in [2.45, 2.75) is 19.4 Å².